The molecule has 0 spiro atoms. The third-order valence-corrected chi connectivity index (χ3v) is 16.4. The van der Waals surface area contributed by atoms with Gasteiger partial charge in [-0.3, -0.25) is 9.98 Å². The Morgan fingerprint density at radius 1 is 0.866 bits per heavy atom. The fourth-order valence-electron chi connectivity index (χ4n) is 13.2. The summed E-state index contributed by atoms with van der Waals surface area (Å²) in [6.45, 7) is 61.3. The van der Waals surface area contributed by atoms with Crippen molar-refractivity contribution in [1.29, 1.82) is 0 Å². The largest absolute Gasteiger partial charge is 0.385 e. The normalized spacial score (nSPS) is 30.4. The van der Waals surface area contributed by atoms with E-state index in [1.54, 1.807) is 0 Å². The number of hydrogen-bond donors (Lipinski definition) is 1. The van der Waals surface area contributed by atoms with Gasteiger partial charge in [-0.05, 0) is 184 Å². The zero-order chi connectivity index (χ0) is 51.4. The number of nitrogens with zero attached hydrogens (tertiary/aromatic N) is 2. The van der Waals surface area contributed by atoms with Gasteiger partial charge in [-0.15, -0.1) is 6.58 Å². The number of hydrogen-bond acceptors (Lipinski definition) is 3. The Morgan fingerprint density at radius 2 is 1.48 bits per heavy atom. The van der Waals surface area contributed by atoms with Crippen molar-refractivity contribution in [3.63, 3.8) is 0 Å². The molecule has 1 N–H and O–H groups in total. The van der Waals surface area contributed by atoms with E-state index >= 15 is 0 Å². The molecule has 3 aliphatic rings. The van der Waals surface area contributed by atoms with Crippen molar-refractivity contribution in [1.82, 2.24) is 10.3 Å². The lowest BCUT2D eigenvalue weighted by Crippen LogP contribution is -2.45. The van der Waals surface area contributed by atoms with Crippen LogP contribution in [0.25, 0.3) is 10.9 Å². The first kappa shape index (κ1) is 61.8. The highest BCUT2D eigenvalue weighted by Gasteiger charge is 2.49. The van der Waals surface area contributed by atoms with Gasteiger partial charge in [0.1, 0.15) is 0 Å². The van der Waals surface area contributed by atoms with E-state index in [1.165, 1.54) is 89.4 Å². The van der Waals surface area contributed by atoms with E-state index in [0.29, 0.717) is 47.0 Å². The van der Waals surface area contributed by atoms with Gasteiger partial charge in [0.2, 0.25) is 0 Å². The maximum absolute atomic E-state index is 4.83. The average molecular weight is 921 g/mol. The van der Waals surface area contributed by atoms with Crippen LogP contribution in [0.2, 0.25) is 0 Å². The number of pyridine rings is 1. The maximum atomic E-state index is 4.83. The molecule has 0 bridgehead atoms. The highest BCUT2D eigenvalue weighted by molar-refractivity contribution is 5.99. The van der Waals surface area contributed by atoms with Gasteiger partial charge in [-0.1, -0.05) is 172 Å². The molecule has 1 saturated heterocycles. The SMILES string of the molecule is C=C1CC2(C)C(CC)CC(=C)C(C)C(=C)C(C)C(CC3CC(C)CC(C)C3)C(C)(C)CC(C)CC(C)C2N1.C=CCC/C(C(C)=NC)=C(\C)Cc1ccnc2cc(C)ccc12.CC.CC.CC. The number of fused-ring (bicyclic) bond motifs is 2. The standard InChI is InChI=1S/C37H65N.C21H26N2.3C2H6/c1-14-33-19-26(5)29(8)30(9)31(10)34(20-32-17-23(2)15-24(3)18-32)36(11,12)21-25(4)16-27(6)35-37(33,13)22-28(7)38-35;1-6-7-8-19(17(4)22-5)16(3)14-18-11-12-23-21-13-15(2)9-10-20(18)21;3*1-2/h23-25,27,29,31-35,38H,5,7,9,14-22H2,1-4,6,8,10-13H3;6,9-13H,1,7-8,14H2,2-5H3;3*1-2H3/b;19-16-,22-17?;;;. The Kier molecular flexibility index (Phi) is 27.4. The number of rotatable bonds is 9. The van der Waals surface area contributed by atoms with Crippen molar-refractivity contribution in [3.8, 4) is 0 Å². The molecule has 1 aliphatic heterocycles. The second-order valence-electron chi connectivity index (χ2n) is 22.2. The monoisotopic (exact) mass is 920 g/mol. The lowest BCUT2D eigenvalue weighted by Gasteiger charge is -2.47. The first-order chi connectivity index (χ1) is 31.6. The summed E-state index contributed by atoms with van der Waals surface area (Å²) in [4.78, 5) is 8.89. The van der Waals surface area contributed by atoms with Crippen molar-refractivity contribution >= 4 is 16.6 Å². The lowest BCUT2D eigenvalue weighted by atomic mass is 9.59. The first-order valence-electron chi connectivity index (χ1n) is 27.5. The molecular weight excluding hydrogens is 811 g/mol. The van der Waals surface area contributed by atoms with Crippen LogP contribution in [0.15, 0.2) is 95.8 Å². The van der Waals surface area contributed by atoms with Crippen molar-refractivity contribution < 1.29 is 0 Å². The van der Waals surface area contributed by atoms with Gasteiger partial charge in [-0.2, -0.15) is 0 Å². The summed E-state index contributed by atoms with van der Waals surface area (Å²) in [7, 11) is 1.86. The van der Waals surface area contributed by atoms with Crippen LogP contribution in [0.5, 0.6) is 0 Å². The summed E-state index contributed by atoms with van der Waals surface area (Å²) in [5.41, 5.74) is 12.1. The number of allylic oxidation sites excluding steroid dienone is 6. The first-order valence-corrected chi connectivity index (χ1v) is 27.5. The number of aryl methyl sites for hydroxylation is 1. The van der Waals surface area contributed by atoms with Gasteiger partial charge in [0.25, 0.3) is 0 Å². The van der Waals surface area contributed by atoms with Crippen LogP contribution in [-0.2, 0) is 6.42 Å². The third kappa shape index (κ3) is 17.3. The molecule has 2 aliphatic carbocycles. The van der Waals surface area contributed by atoms with Gasteiger partial charge < -0.3 is 5.32 Å². The highest BCUT2D eigenvalue weighted by Crippen LogP contribution is 2.53. The smallest absolute Gasteiger partial charge is 0.0707 e. The minimum atomic E-state index is 0.233. The number of nitrogens with one attached hydrogen (secondary N) is 1. The van der Waals surface area contributed by atoms with E-state index in [9.17, 15) is 0 Å². The Labute approximate surface area is 417 Å². The Hall–Kier alpha value is -3.20. The van der Waals surface area contributed by atoms with Crippen LogP contribution in [0.1, 0.15) is 206 Å². The quantitative estimate of drug-likeness (QED) is 0.201. The van der Waals surface area contributed by atoms with Crippen LogP contribution in [-0.4, -0.2) is 23.8 Å². The second kappa shape index (κ2) is 29.7. The van der Waals surface area contributed by atoms with E-state index < -0.39 is 0 Å². The molecule has 5 rings (SSSR count). The lowest BCUT2D eigenvalue weighted by molar-refractivity contribution is 0.0648. The number of aromatic nitrogens is 1. The van der Waals surface area contributed by atoms with E-state index in [1.807, 2.05) is 60.9 Å². The predicted octanol–water partition coefficient (Wildman–Crippen LogP) is 19.4. The summed E-state index contributed by atoms with van der Waals surface area (Å²) in [6.07, 6.45) is 18.4. The summed E-state index contributed by atoms with van der Waals surface area (Å²) >= 11 is 0. The molecule has 3 fully saturated rings. The summed E-state index contributed by atoms with van der Waals surface area (Å²) in [6, 6.07) is 9.12. The molecular formula is C64H109N3. The van der Waals surface area contributed by atoms with E-state index in [2.05, 4.69) is 143 Å². The zero-order valence-electron chi connectivity index (χ0n) is 47.9. The molecule has 10 atom stereocenters. The predicted molar refractivity (Wildman–Crippen MR) is 304 cm³/mol. The fourth-order valence-corrected chi connectivity index (χ4v) is 13.2. The molecule has 0 radical (unpaired) electrons. The molecule has 0 amide bonds. The summed E-state index contributed by atoms with van der Waals surface area (Å²) in [5.74, 6) is 6.14. The van der Waals surface area contributed by atoms with Crippen LogP contribution >= 0.6 is 0 Å². The molecule has 10 unspecified atom stereocenters. The van der Waals surface area contributed by atoms with Crippen molar-refractivity contribution in [2.75, 3.05) is 7.05 Å². The average Bonchev–Trinajstić information content (AvgIpc) is 3.61. The minimum absolute atomic E-state index is 0.233. The Bertz CT molecular complexity index is 1880. The van der Waals surface area contributed by atoms with Gasteiger partial charge in [-0.25, -0.2) is 0 Å². The molecule has 2 aromatic rings. The van der Waals surface area contributed by atoms with Crippen molar-refractivity contribution in [3.05, 3.63) is 102 Å². The summed E-state index contributed by atoms with van der Waals surface area (Å²) in [5, 5.41) is 5.15. The van der Waals surface area contributed by atoms with E-state index in [4.69, 9.17) is 13.2 Å². The van der Waals surface area contributed by atoms with Crippen molar-refractivity contribution in [2.24, 2.45) is 69.1 Å². The Balaban J connectivity index is 0.000000660. The number of benzene rings is 1. The van der Waals surface area contributed by atoms with Crippen LogP contribution in [0, 0.1) is 71.0 Å². The van der Waals surface area contributed by atoms with E-state index in [-0.39, 0.29) is 5.41 Å². The second-order valence-corrected chi connectivity index (χ2v) is 22.2. The third-order valence-electron chi connectivity index (χ3n) is 16.4. The minimum Gasteiger partial charge on any atom is -0.385 e. The van der Waals surface area contributed by atoms with Gasteiger partial charge in [0, 0.05) is 36.1 Å². The van der Waals surface area contributed by atoms with Crippen LogP contribution < -0.4 is 5.32 Å². The topological polar surface area (TPSA) is 37.3 Å². The van der Waals surface area contributed by atoms with Crippen LogP contribution in [0.4, 0.5) is 0 Å². The molecule has 1 aromatic heterocycles. The molecule has 3 heteroatoms. The zero-order valence-corrected chi connectivity index (χ0v) is 47.9. The summed E-state index contributed by atoms with van der Waals surface area (Å²) < 4.78 is 0. The number of aliphatic imine (C=N–C) groups is 1. The van der Waals surface area contributed by atoms with Crippen molar-refractivity contribution in [2.45, 2.75) is 215 Å². The molecule has 380 valence electrons. The van der Waals surface area contributed by atoms with Gasteiger partial charge >= 0.3 is 0 Å². The molecule has 3 nitrogen and oxygen atoms in total. The van der Waals surface area contributed by atoms with E-state index in [0.717, 1.165) is 61.1 Å². The molecule has 1 aromatic carbocycles. The highest BCUT2D eigenvalue weighted by atomic mass is 15.0. The Morgan fingerprint density at radius 3 is 2.04 bits per heavy atom. The van der Waals surface area contributed by atoms with Gasteiger partial charge in [0.05, 0.1) is 5.52 Å². The molecule has 67 heavy (non-hydrogen) atoms. The molecule has 2 heterocycles. The van der Waals surface area contributed by atoms with Crippen LogP contribution in [0.3, 0.4) is 0 Å². The van der Waals surface area contributed by atoms with Gasteiger partial charge in [0.15, 0.2) is 0 Å². The fraction of sp³-hybridized carbons (Fsp3) is 0.688. The maximum Gasteiger partial charge on any atom is 0.0707 e. The molecule has 2 saturated carbocycles.